The molecule has 0 aromatic heterocycles. The van der Waals surface area contributed by atoms with E-state index in [0.717, 1.165) is 18.2 Å². The molecule has 0 bridgehead atoms. The van der Waals surface area contributed by atoms with Crippen molar-refractivity contribution in [3.8, 4) is 0 Å². The number of aryl methyl sites for hydroxylation is 2. The molecule has 1 saturated heterocycles. The molecule has 1 aliphatic rings. The molecule has 4 heteroatoms. The summed E-state index contributed by atoms with van der Waals surface area (Å²) in [6.45, 7) is 7.05. The number of benzene rings is 2. The molecule has 0 atom stereocenters. The SMILES string of the molecule is Cc1ccc(Sc2ccccc2N2CCN([O-])CC2)c(C)c1. The van der Waals surface area contributed by atoms with Crippen LogP contribution in [0.2, 0.25) is 0 Å². The largest absolute Gasteiger partial charge is 0.785 e. The lowest BCUT2D eigenvalue weighted by molar-refractivity contribution is 0.350. The van der Waals surface area contributed by atoms with Crippen molar-refractivity contribution in [1.82, 2.24) is 5.06 Å². The van der Waals surface area contributed by atoms with E-state index in [1.54, 1.807) is 0 Å². The zero-order chi connectivity index (χ0) is 15.5. The molecule has 0 spiro atoms. The lowest BCUT2D eigenvalue weighted by Crippen LogP contribution is -2.43. The van der Waals surface area contributed by atoms with Crippen molar-refractivity contribution in [3.05, 3.63) is 58.8 Å². The molecule has 1 fully saturated rings. The van der Waals surface area contributed by atoms with Crippen LogP contribution in [0.1, 0.15) is 11.1 Å². The lowest BCUT2D eigenvalue weighted by Gasteiger charge is -2.40. The van der Waals surface area contributed by atoms with Gasteiger partial charge in [-0.1, -0.05) is 41.6 Å². The first-order valence-corrected chi connectivity index (χ1v) is 8.46. The van der Waals surface area contributed by atoms with Crippen molar-refractivity contribution in [1.29, 1.82) is 0 Å². The predicted molar refractivity (Wildman–Crippen MR) is 93.6 cm³/mol. The van der Waals surface area contributed by atoms with Gasteiger partial charge in [0.25, 0.3) is 0 Å². The minimum Gasteiger partial charge on any atom is -0.785 e. The molecule has 0 amide bonds. The molecule has 3 rings (SSSR count). The molecule has 0 unspecified atom stereocenters. The Morgan fingerprint density at radius 3 is 2.36 bits per heavy atom. The molecular formula is C18H21N2OS-. The van der Waals surface area contributed by atoms with E-state index < -0.39 is 0 Å². The third-order valence-electron chi connectivity index (χ3n) is 3.99. The maximum Gasteiger partial charge on any atom is 0.0508 e. The van der Waals surface area contributed by atoms with Gasteiger partial charge in [-0.25, -0.2) is 0 Å². The van der Waals surface area contributed by atoms with Gasteiger partial charge in [-0.2, -0.15) is 0 Å². The summed E-state index contributed by atoms with van der Waals surface area (Å²) in [6.07, 6.45) is 0. The predicted octanol–water partition coefficient (Wildman–Crippen LogP) is 4.07. The number of para-hydroxylation sites is 1. The highest BCUT2D eigenvalue weighted by Gasteiger charge is 2.15. The first-order valence-electron chi connectivity index (χ1n) is 7.64. The van der Waals surface area contributed by atoms with E-state index in [1.165, 1.54) is 26.6 Å². The molecule has 0 N–H and O–H groups in total. The first-order chi connectivity index (χ1) is 10.6. The Bertz CT molecular complexity index is 651. The van der Waals surface area contributed by atoms with E-state index in [9.17, 15) is 5.21 Å². The topological polar surface area (TPSA) is 29.5 Å². The van der Waals surface area contributed by atoms with E-state index >= 15 is 0 Å². The van der Waals surface area contributed by atoms with E-state index in [0.29, 0.717) is 13.1 Å². The van der Waals surface area contributed by atoms with Crippen LogP contribution in [0.15, 0.2) is 52.3 Å². The molecule has 0 radical (unpaired) electrons. The van der Waals surface area contributed by atoms with Crippen LogP contribution in [-0.2, 0) is 0 Å². The van der Waals surface area contributed by atoms with Gasteiger partial charge in [-0.3, -0.25) is 0 Å². The Kier molecular flexibility index (Phi) is 4.71. The monoisotopic (exact) mass is 313 g/mol. The van der Waals surface area contributed by atoms with Gasteiger partial charge in [-0.15, -0.1) is 0 Å². The van der Waals surface area contributed by atoms with E-state index in [1.807, 2.05) is 11.8 Å². The average molecular weight is 313 g/mol. The molecular weight excluding hydrogens is 292 g/mol. The molecule has 3 nitrogen and oxygen atoms in total. The minimum atomic E-state index is 0.586. The van der Waals surface area contributed by atoms with Gasteiger partial charge in [0.2, 0.25) is 0 Å². The number of nitrogens with zero attached hydrogens (tertiary/aromatic N) is 2. The van der Waals surface area contributed by atoms with Crippen LogP contribution in [0, 0.1) is 19.1 Å². The zero-order valence-electron chi connectivity index (χ0n) is 13.1. The van der Waals surface area contributed by atoms with Crippen molar-refractivity contribution >= 4 is 17.4 Å². The lowest BCUT2D eigenvalue weighted by atomic mass is 10.2. The van der Waals surface area contributed by atoms with Crippen LogP contribution in [-0.4, -0.2) is 31.2 Å². The summed E-state index contributed by atoms with van der Waals surface area (Å²) in [6, 6.07) is 15.1. The highest BCUT2D eigenvalue weighted by Crippen LogP contribution is 2.37. The van der Waals surface area contributed by atoms with E-state index in [-0.39, 0.29) is 0 Å². The Morgan fingerprint density at radius 1 is 0.909 bits per heavy atom. The smallest absolute Gasteiger partial charge is 0.0508 e. The molecule has 0 aliphatic carbocycles. The van der Waals surface area contributed by atoms with E-state index in [2.05, 4.69) is 61.2 Å². The van der Waals surface area contributed by atoms with Gasteiger partial charge in [-0.05, 0) is 37.6 Å². The summed E-state index contributed by atoms with van der Waals surface area (Å²) in [7, 11) is 0. The summed E-state index contributed by atoms with van der Waals surface area (Å²) in [5.74, 6) is 0. The fraction of sp³-hybridized carbons (Fsp3) is 0.333. The second-order valence-corrected chi connectivity index (χ2v) is 6.84. The van der Waals surface area contributed by atoms with Crippen LogP contribution in [0.25, 0.3) is 0 Å². The summed E-state index contributed by atoms with van der Waals surface area (Å²) in [4.78, 5) is 4.87. The second-order valence-electron chi connectivity index (χ2n) is 5.75. The number of hydrogen-bond acceptors (Lipinski definition) is 4. The molecule has 2 aromatic rings. The molecule has 22 heavy (non-hydrogen) atoms. The average Bonchev–Trinajstić information content (AvgIpc) is 2.51. The van der Waals surface area contributed by atoms with Crippen molar-refractivity contribution in [2.24, 2.45) is 0 Å². The maximum atomic E-state index is 11.4. The number of hydroxylamine groups is 2. The van der Waals surface area contributed by atoms with Crippen molar-refractivity contribution in [3.63, 3.8) is 0 Å². The Labute approximate surface area is 136 Å². The zero-order valence-corrected chi connectivity index (χ0v) is 13.9. The van der Waals surface area contributed by atoms with Gasteiger partial charge < -0.3 is 15.2 Å². The van der Waals surface area contributed by atoms with Crippen molar-refractivity contribution < 1.29 is 0 Å². The van der Waals surface area contributed by atoms with Crippen LogP contribution in [0.3, 0.4) is 0 Å². The highest BCUT2D eigenvalue weighted by molar-refractivity contribution is 7.99. The molecule has 1 heterocycles. The Morgan fingerprint density at radius 2 is 1.64 bits per heavy atom. The Balaban J connectivity index is 1.85. The third-order valence-corrected chi connectivity index (χ3v) is 5.24. The van der Waals surface area contributed by atoms with Crippen molar-refractivity contribution in [2.75, 3.05) is 31.1 Å². The molecule has 116 valence electrons. The second kappa shape index (κ2) is 6.73. The number of hydrogen-bond donors (Lipinski definition) is 0. The number of rotatable bonds is 3. The summed E-state index contributed by atoms with van der Waals surface area (Å²) >= 11 is 1.81. The van der Waals surface area contributed by atoms with Crippen LogP contribution < -0.4 is 4.90 Å². The van der Waals surface area contributed by atoms with Gasteiger partial charge >= 0.3 is 0 Å². The minimum absolute atomic E-state index is 0.586. The fourth-order valence-electron chi connectivity index (χ4n) is 2.77. The molecule has 0 saturated carbocycles. The highest BCUT2D eigenvalue weighted by atomic mass is 32.2. The fourth-order valence-corrected chi connectivity index (χ4v) is 3.81. The van der Waals surface area contributed by atoms with Gasteiger partial charge in [0.15, 0.2) is 0 Å². The maximum absolute atomic E-state index is 11.4. The number of anilines is 1. The first kappa shape index (κ1) is 15.4. The number of piperazine rings is 1. The van der Waals surface area contributed by atoms with Crippen molar-refractivity contribution in [2.45, 2.75) is 23.6 Å². The molecule has 1 aliphatic heterocycles. The molecule has 2 aromatic carbocycles. The Hall–Kier alpha value is -1.49. The summed E-state index contributed by atoms with van der Waals surface area (Å²) in [5.41, 5.74) is 3.84. The summed E-state index contributed by atoms with van der Waals surface area (Å²) < 4.78 is 0. The van der Waals surface area contributed by atoms with Crippen LogP contribution in [0.4, 0.5) is 5.69 Å². The summed E-state index contributed by atoms with van der Waals surface area (Å²) in [5, 5.41) is 12.5. The standard InChI is InChI=1S/C18H21N2OS/c1-14-7-8-17(15(2)13-14)22-18-6-4-3-5-16(18)19-9-11-20(21)12-10-19/h3-8,13H,9-12H2,1-2H3/q-1. The quantitative estimate of drug-likeness (QED) is 0.854. The van der Waals surface area contributed by atoms with Gasteiger partial charge in [0.05, 0.1) is 5.69 Å². The third kappa shape index (κ3) is 3.46. The van der Waals surface area contributed by atoms with Gasteiger partial charge in [0, 0.05) is 36.0 Å². The normalized spacial score (nSPS) is 16.0. The van der Waals surface area contributed by atoms with Crippen LogP contribution >= 0.6 is 11.8 Å². The van der Waals surface area contributed by atoms with Crippen LogP contribution in [0.5, 0.6) is 0 Å². The van der Waals surface area contributed by atoms with Gasteiger partial charge in [0.1, 0.15) is 0 Å². The van der Waals surface area contributed by atoms with E-state index in [4.69, 9.17) is 0 Å².